The van der Waals surface area contributed by atoms with Crippen LogP contribution in [0.4, 0.5) is 0 Å². The number of ether oxygens (including phenoxy) is 1. The van der Waals surface area contributed by atoms with E-state index in [0.29, 0.717) is 31.8 Å². The first kappa shape index (κ1) is 17.6. The molecule has 0 unspecified atom stereocenters. The summed E-state index contributed by atoms with van der Waals surface area (Å²) in [6.45, 7) is 3.95. The number of hydrogen-bond acceptors (Lipinski definition) is 3. The van der Waals surface area contributed by atoms with E-state index in [4.69, 9.17) is 4.74 Å². The summed E-state index contributed by atoms with van der Waals surface area (Å²) < 4.78 is 5.84. The highest BCUT2D eigenvalue weighted by atomic mass is 16.5. The van der Waals surface area contributed by atoms with Gasteiger partial charge in [-0.3, -0.25) is 9.59 Å². The van der Waals surface area contributed by atoms with Gasteiger partial charge in [0.15, 0.2) is 0 Å². The molecule has 3 heterocycles. The summed E-state index contributed by atoms with van der Waals surface area (Å²) in [5, 5.41) is 0. The Morgan fingerprint density at radius 3 is 2.85 bits per heavy atom. The molecule has 2 atom stereocenters. The first-order valence-corrected chi connectivity index (χ1v) is 9.63. The van der Waals surface area contributed by atoms with Gasteiger partial charge in [0.1, 0.15) is 11.4 Å². The summed E-state index contributed by atoms with van der Waals surface area (Å²) in [6.07, 6.45) is 3.91. The van der Waals surface area contributed by atoms with Crippen LogP contribution in [-0.4, -0.2) is 51.8 Å². The third-order valence-electron chi connectivity index (χ3n) is 5.48. The van der Waals surface area contributed by atoms with Gasteiger partial charge in [-0.05, 0) is 31.0 Å². The van der Waals surface area contributed by atoms with Crippen LogP contribution < -0.4 is 4.74 Å². The standard InChI is InChI=1S/C21H25N3O3/c1-2-12-27-19-8-4-3-6-15(19)14-24-17-9-11-23(18(17)13-20(24)25)21(26)16-7-5-10-22-16/h3-8,10,17-18,22H,2,9,11-14H2,1H3/t17-,18-/m0/s1. The Balaban J connectivity index is 1.50. The van der Waals surface area contributed by atoms with Crippen molar-refractivity contribution in [1.29, 1.82) is 0 Å². The Hall–Kier alpha value is -2.76. The zero-order valence-corrected chi connectivity index (χ0v) is 15.6. The van der Waals surface area contributed by atoms with Crippen molar-refractivity contribution in [3.05, 3.63) is 53.9 Å². The molecule has 1 aromatic heterocycles. The minimum atomic E-state index is -0.0444. The molecule has 0 radical (unpaired) electrons. The predicted molar refractivity (Wildman–Crippen MR) is 101 cm³/mol. The van der Waals surface area contributed by atoms with Crippen molar-refractivity contribution in [2.45, 2.75) is 44.8 Å². The zero-order chi connectivity index (χ0) is 18.8. The van der Waals surface area contributed by atoms with E-state index in [9.17, 15) is 9.59 Å². The maximum atomic E-state index is 12.7. The lowest BCUT2D eigenvalue weighted by Gasteiger charge is -2.26. The van der Waals surface area contributed by atoms with Crippen LogP contribution in [0, 0.1) is 0 Å². The van der Waals surface area contributed by atoms with Crippen LogP contribution in [0.2, 0.25) is 0 Å². The van der Waals surface area contributed by atoms with Crippen LogP contribution in [0.25, 0.3) is 0 Å². The van der Waals surface area contributed by atoms with E-state index in [0.717, 1.165) is 24.2 Å². The lowest BCUT2D eigenvalue weighted by Crippen LogP contribution is -2.39. The fourth-order valence-electron chi connectivity index (χ4n) is 4.17. The number of likely N-dealkylation sites (tertiary alicyclic amines) is 2. The summed E-state index contributed by atoms with van der Waals surface area (Å²) in [7, 11) is 0. The smallest absolute Gasteiger partial charge is 0.270 e. The van der Waals surface area contributed by atoms with Gasteiger partial charge in [0.05, 0.1) is 18.7 Å². The second kappa shape index (κ2) is 7.47. The van der Waals surface area contributed by atoms with Crippen molar-refractivity contribution in [2.75, 3.05) is 13.2 Å². The third-order valence-corrected chi connectivity index (χ3v) is 5.48. The molecule has 2 amide bonds. The molecule has 6 heteroatoms. The van der Waals surface area contributed by atoms with E-state index in [1.165, 1.54) is 0 Å². The molecule has 2 aliphatic rings. The summed E-state index contributed by atoms with van der Waals surface area (Å²) in [5.74, 6) is 0.932. The molecule has 6 nitrogen and oxygen atoms in total. The molecule has 2 aromatic rings. The summed E-state index contributed by atoms with van der Waals surface area (Å²) in [5.41, 5.74) is 1.61. The van der Waals surface area contributed by atoms with Gasteiger partial charge >= 0.3 is 0 Å². The number of H-pyrrole nitrogens is 1. The number of rotatable bonds is 6. The number of hydrogen-bond donors (Lipinski definition) is 1. The van der Waals surface area contributed by atoms with Gasteiger partial charge < -0.3 is 19.5 Å². The van der Waals surface area contributed by atoms with Crippen molar-refractivity contribution in [3.8, 4) is 5.75 Å². The van der Waals surface area contributed by atoms with Crippen LogP contribution in [0.3, 0.4) is 0 Å². The van der Waals surface area contributed by atoms with E-state index < -0.39 is 0 Å². The number of nitrogens with one attached hydrogen (secondary N) is 1. The Kier molecular flexibility index (Phi) is 4.88. The van der Waals surface area contributed by atoms with Crippen molar-refractivity contribution in [1.82, 2.24) is 14.8 Å². The number of carbonyl (C=O) groups is 2. The van der Waals surface area contributed by atoms with E-state index in [2.05, 4.69) is 11.9 Å². The van der Waals surface area contributed by atoms with E-state index >= 15 is 0 Å². The molecule has 0 spiro atoms. The molecule has 2 saturated heterocycles. The number of amides is 2. The SMILES string of the molecule is CCCOc1ccccc1CN1C(=O)C[C@H]2[C@@H]1CCN2C(=O)c1ccc[nH]1. The second-order valence-electron chi connectivity index (χ2n) is 7.19. The summed E-state index contributed by atoms with van der Waals surface area (Å²) >= 11 is 0. The topological polar surface area (TPSA) is 65.6 Å². The average molecular weight is 367 g/mol. The Morgan fingerprint density at radius 2 is 2.07 bits per heavy atom. The normalized spacial score (nSPS) is 21.6. The number of carbonyl (C=O) groups excluding carboxylic acids is 2. The zero-order valence-electron chi connectivity index (χ0n) is 15.6. The predicted octanol–water partition coefficient (Wildman–Crippen LogP) is 2.82. The number of para-hydroxylation sites is 1. The molecule has 2 fully saturated rings. The number of aromatic amines is 1. The molecule has 0 bridgehead atoms. The highest BCUT2D eigenvalue weighted by molar-refractivity contribution is 5.94. The monoisotopic (exact) mass is 367 g/mol. The Bertz CT molecular complexity index is 818. The van der Waals surface area contributed by atoms with Crippen molar-refractivity contribution in [3.63, 3.8) is 0 Å². The lowest BCUT2D eigenvalue weighted by atomic mass is 10.1. The summed E-state index contributed by atoms with van der Waals surface area (Å²) in [6, 6.07) is 11.5. The highest BCUT2D eigenvalue weighted by Gasteiger charge is 2.48. The Morgan fingerprint density at radius 1 is 1.22 bits per heavy atom. The number of nitrogens with zero attached hydrogens (tertiary/aromatic N) is 2. The lowest BCUT2D eigenvalue weighted by molar-refractivity contribution is -0.129. The molecule has 27 heavy (non-hydrogen) atoms. The van der Waals surface area contributed by atoms with Gasteiger partial charge in [-0.2, -0.15) is 0 Å². The van der Waals surface area contributed by atoms with Crippen LogP contribution in [0.5, 0.6) is 5.75 Å². The van der Waals surface area contributed by atoms with Crippen LogP contribution >= 0.6 is 0 Å². The second-order valence-corrected chi connectivity index (χ2v) is 7.19. The van der Waals surface area contributed by atoms with Crippen LogP contribution in [0.15, 0.2) is 42.6 Å². The molecule has 2 aliphatic heterocycles. The van der Waals surface area contributed by atoms with E-state index in [1.54, 1.807) is 12.3 Å². The van der Waals surface area contributed by atoms with Gasteiger partial charge in [0.2, 0.25) is 5.91 Å². The number of fused-ring (bicyclic) bond motifs is 1. The molecular weight excluding hydrogens is 342 g/mol. The first-order chi connectivity index (χ1) is 13.2. The third kappa shape index (κ3) is 3.31. The first-order valence-electron chi connectivity index (χ1n) is 9.63. The fraction of sp³-hybridized carbons (Fsp3) is 0.429. The van der Waals surface area contributed by atoms with E-state index in [1.807, 2.05) is 40.1 Å². The minimum absolute atomic E-state index is 0.0196. The molecule has 0 saturated carbocycles. The maximum absolute atomic E-state index is 12.7. The fourth-order valence-corrected chi connectivity index (χ4v) is 4.17. The average Bonchev–Trinajstić information content (AvgIpc) is 3.40. The summed E-state index contributed by atoms with van der Waals surface area (Å²) in [4.78, 5) is 32.2. The van der Waals surface area contributed by atoms with Crippen molar-refractivity contribution < 1.29 is 14.3 Å². The van der Waals surface area contributed by atoms with Gasteiger partial charge in [0, 0.05) is 31.3 Å². The molecule has 142 valence electrons. The van der Waals surface area contributed by atoms with Gasteiger partial charge in [0.25, 0.3) is 5.91 Å². The van der Waals surface area contributed by atoms with Crippen molar-refractivity contribution in [2.24, 2.45) is 0 Å². The van der Waals surface area contributed by atoms with Crippen molar-refractivity contribution >= 4 is 11.8 Å². The largest absolute Gasteiger partial charge is 0.493 e. The minimum Gasteiger partial charge on any atom is -0.493 e. The van der Waals surface area contributed by atoms with E-state index in [-0.39, 0.29) is 23.9 Å². The van der Waals surface area contributed by atoms with Gasteiger partial charge in [-0.1, -0.05) is 25.1 Å². The van der Waals surface area contributed by atoms with Gasteiger partial charge in [-0.15, -0.1) is 0 Å². The van der Waals surface area contributed by atoms with Crippen LogP contribution in [0.1, 0.15) is 42.2 Å². The number of aromatic nitrogens is 1. The highest BCUT2D eigenvalue weighted by Crippen LogP contribution is 2.35. The molecule has 1 aromatic carbocycles. The maximum Gasteiger partial charge on any atom is 0.270 e. The quantitative estimate of drug-likeness (QED) is 0.854. The molecule has 0 aliphatic carbocycles. The molecule has 1 N–H and O–H groups in total. The molecule has 4 rings (SSSR count). The Labute approximate surface area is 159 Å². The number of benzene rings is 1. The van der Waals surface area contributed by atoms with Gasteiger partial charge in [-0.25, -0.2) is 0 Å². The molecular formula is C21H25N3O3. The van der Waals surface area contributed by atoms with Crippen LogP contribution in [-0.2, 0) is 11.3 Å².